The highest BCUT2D eigenvalue weighted by Crippen LogP contribution is 2.32. The molecule has 1 N–H and O–H groups in total. The van der Waals surface area contributed by atoms with Crippen LogP contribution in [-0.4, -0.2) is 31.0 Å². The minimum atomic E-state index is 0.150. The lowest BCUT2D eigenvalue weighted by atomic mass is 9.80. The average Bonchev–Trinajstić information content (AvgIpc) is 2.23. The molecule has 1 aliphatic carbocycles. The number of ether oxygens (including phenoxy) is 1. The molecular weight excluding hydrogens is 226 g/mol. The number of alkyl halides is 1. The minimum Gasteiger partial charge on any atom is -0.378 e. The summed E-state index contributed by atoms with van der Waals surface area (Å²) in [5.41, 5.74) is 0. The normalized spacial score (nSPS) is 25.9. The molecular formula is C12H22ClNO2. The summed E-state index contributed by atoms with van der Waals surface area (Å²) in [5, 5.41) is 2.92. The van der Waals surface area contributed by atoms with E-state index in [-0.39, 0.29) is 5.91 Å². The fourth-order valence-corrected chi connectivity index (χ4v) is 2.00. The molecule has 0 spiro atoms. The van der Waals surface area contributed by atoms with Crippen molar-refractivity contribution in [3.05, 3.63) is 0 Å². The molecule has 0 aliphatic heterocycles. The predicted molar refractivity (Wildman–Crippen MR) is 65.6 cm³/mol. The molecule has 0 aromatic carbocycles. The van der Waals surface area contributed by atoms with E-state index >= 15 is 0 Å². The highest BCUT2D eigenvalue weighted by molar-refractivity contribution is 6.18. The molecule has 94 valence electrons. The van der Waals surface area contributed by atoms with Gasteiger partial charge in [0.25, 0.3) is 0 Å². The van der Waals surface area contributed by atoms with Crippen molar-refractivity contribution in [1.29, 1.82) is 0 Å². The highest BCUT2D eigenvalue weighted by Gasteiger charge is 2.30. The van der Waals surface area contributed by atoms with E-state index < -0.39 is 0 Å². The number of hydrogen-bond acceptors (Lipinski definition) is 2. The van der Waals surface area contributed by atoms with Gasteiger partial charge < -0.3 is 10.1 Å². The molecule has 0 aromatic heterocycles. The maximum atomic E-state index is 11.5. The van der Waals surface area contributed by atoms with Crippen LogP contribution < -0.4 is 5.32 Å². The second-order valence-corrected chi connectivity index (χ2v) is 4.99. The second-order valence-electron chi connectivity index (χ2n) is 4.68. The first kappa shape index (κ1) is 13.8. The Morgan fingerprint density at radius 1 is 1.56 bits per heavy atom. The standard InChI is InChI=1S/C12H22ClNO2/c1-3-16-11-4-10(5-11)6-12(15)14-8-9(2)7-13/h9-11H,3-8H2,1-2H3,(H,14,15). The smallest absolute Gasteiger partial charge is 0.220 e. The Bertz CT molecular complexity index is 217. The molecule has 1 unspecified atom stereocenters. The quantitative estimate of drug-likeness (QED) is 0.701. The van der Waals surface area contributed by atoms with Gasteiger partial charge in [0.2, 0.25) is 5.91 Å². The minimum absolute atomic E-state index is 0.150. The predicted octanol–water partition coefficient (Wildman–Crippen LogP) is 2.18. The van der Waals surface area contributed by atoms with Gasteiger partial charge in [-0.15, -0.1) is 11.6 Å². The third kappa shape index (κ3) is 4.71. The van der Waals surface area contributed by atoms with Crippen LogP contribution in [0.2, 0.25) is 0 Å². The van der Waals surface area contributed by atoms with Crippen LogP contribution in [0.5, 0.6) is 0 Å². The monoisotopic (exact) mass is 247 g/mol. The van der Waals surface area contributed by atoms with E-state index in [9.17, 15) is 4.79 Å². The van der Waals surface area contributed by atoms with E-state index in [0.29, 0.717) is 36.8 Å². The van der Waals surface area contributed by atoms with Gasteiger partial charge in [-0.25, -0.2) is 0 Å². The number of hydrogen-bond donors (Lipinski definition) is 1. The molecule has 1 fully saturated rings. The van der Waals surface area contributed by atoms with E-state index in [4.69, 9.17) is 16.3 Å². The zero-order valence-electron chi connectivity index (χ0n) is 10.2. The molecule has 0 saturated heterocycles. The first-order valence-corrected chi connectivity index (χ1v) is 6.63. The zero-order valence-corrected chi connectivity index (χ0v) is 10.9. The lowest BCUT2D eigenvalue weighted by Crippen LogP contribution is -2.37. The molecule has 3 nitrogen and oxygen atoms in total. The van der Waals surface area contributed by atoms with Crippen molar-refractivity contribution in [2.24, 2.45) is 11.8 Å². The molecule has 4 heteroatoms. The van der Waals surface area contributed by atoms with E-state index in [0.717, 1.165) is 19.4 Å². The number of halogens is 1. The van der Waals surface area contributed by atoms with Gasteiger partial charge in [-0.1, -0.05) is 6.92 Å². The number of carbonyl (C=O) groups is 1. The van der Waals surface area contributed by atoms with Gasteiger partial charge in [0.15, 0.2) is 0 Å². The van der Waals surface area contributed by atoms with E-state index in [1.54, 1.807) is 0 Å². The summed E-state index contributed by atoms with van der Waals surface area (Å²) < 4.78 is 5.46. The van der Waals surface area contributed by atoms with E-state index in [2.05, 4.69) is 5.32 Å². The van der Waals surface area contributed by atoms with E-state index in [1.165, 1.54) is 0 Å². The lowest BCUT2D eigenvalue weighted by Gasteiger charge is -2.34. The molecule has 0 aromatic rings. The van der Waals surface area contributed by atoms with E-state index in [1.807, 2.05) is 13.8 Å². The van der Waals surface area contributed by atoms with Crippen molar-refractivity contribution in [1.82, 2.24) is 5.32 Å². The SMILES string of the molecule is CCOC1CC(CC(=O)NCC(C)CCl)C1. The van der Waals surface area contributed by atoms with Gasteiger partial charge in [-0.05, 0) is 31.6 Å². The summed E-state index contributed by atoms with van der Waals surface area (Å²) in [6, 6.07) is 0. The number of carbonyl (C=O) groups excluding carboxylic acids is 1. The van der Waals surface area contributed by atoms with Gasteiger partial charge in [-0.3, -0.25) is 4.79 Å². The maximum Gasteiger partial charge on any atom is 0.220 e. The number of amides is 1. The Kier molecular flexibility index (Phi) is 6.14. The average molecular weight is 248 g/mol. The fourth-order valence-electron chi connectivity index (χ4n) is 1.89. The van der Waals surface area contributed by atoms with Crippen LogP contribution >= 0.6 is 11.6 Å². The van der Waals surface area contributed by atoms with Crippen LogP contribution in [0.3, 0.4) is 0 Å². The second kappa shape index (κ2) is 7.13. The van der Waals surface area contributed by atoms with Crippen molar-refractivity contribution in [2.45, 2.75) is 39.2 Å². The highest BCUT2D eigenvalue weighted by atomic mass is 35.5. The Morgan fingerprint density at radius 2 is 2.25 bits per heavy atom. The molecule has 0 radical (unpaired) electrons. The van der Waals surface area contributed by atoms with Crippen LogP contribution in [0.15, 0.2) is 0 Å². The Balaban J connectivity index is 2.03. The van der Waals surface area contributed by atoms with Gasteiger partial charge in [0, 0.05) is 25.5 Å². The summed E-state index contributed by atoms with van der Waals surface area (Å²) in [7, 11) is 0. The Labute approximate surface area is 103 Å². The first-order chi connectivity index (χ1) is 7.65. The zero-order chi connectivity index (χ0) is 12.0. The van der Waals surface area contributed by atoms with Crippen LogP contribution in [0.1, 0.15) is 33.1 Å². The summed E-state index contributed by atoms with van der Waals surface area (Å²) in [4.78, 5) is 11.5. The topological polar surface area (TPSA) is 38.3 Å². The molecule has 0 heterocycles. The number of rotatable bonds is 7. The van der Waals surface area contributed by atoms with Gasteiger partial charge in [0.05, 0.1) is 6.10 Å². The van der Waals surface area contributed by atoms with Crippen LogP contribution in [0.25, 0.3) is 0 Å². The molecule has 16 heavy (non-hydrogen) atoms. The lowest BCUT2D eigenvalue weighted by molar-refractivity contribution is -0.124. The molecule has 1 saturated carbocycles. The molecule has 1 rings (SSSR count). The van der Waals surface area contributed by atoms with Crippen molar-refractivity contribution in [2.75, 3.05) is 19.0 Å². The fraction of sp³-hybridized carbons (Fsp3) is 0.917. The summed E-state index contributed by atoms with van der Waals surface area (Å²) in [6.45, 7) is 5.50. The summed E-state index contributed by atoms with van der Waals surface area (Å²) >= 11 is 5.67. The molecule has 1 aliphatic rings. The summed E-state index contributed by atoms with van der Waals surface area (Å²) in [5.74, 6) is 1.61. The van der Waals surface area contributed by atoms with Crippen molar-refractivity contribution < 1.29 is 9.53 Å². The van der Waals surface area contributed by atoms with Gasteiger partial charge in [-0.2, -0.15) is 0 Å². The number of nitrogens with one attached hydrogen (secondary N) is 1. The molecule has 1 amide bonds. The third-order valence-corrected chi connectivity index (χ3v) is 3.51. The Morgan fingerprint density at radius 3 is 2.81 bits per heavy atom. The molecule has 0 bridgehead atoms. The largest absolute Gasteiger partial charge is 0.378 e. The van der Waals surface area contributed by atoms with Crippen LogP contribution in [-0.2, 0) is 9.53 Å². The first-order valence-electron chi connectivity index (χ1n) is 6.10. The molecule has 1 atom stereocenters. The van der Waals surface area contributed by atoms with Crippen molar-refractivity contribution in [3.63, 3.8) is 0 Å². The van der Waals surface area contributed by atoms with Crippen molar-refractivity contribution in [3.8, 4) is 0 Å². The third-order valence-electron chi connectivity index (χ3n) is 2.98. The van der Waals surface area contributed by atoms with Gasteiger partial charge in [0.1, 0.15) is 0 Å². The maximum absolute atomic E-state index is 11.5. The van der Waals surface area contributed by atoms with Crippen LogP contribution in [0, 0.1) is 11.8 Å². The Hall–Kier alpha value is -0.280. The van der Waals surface area contributed by atoms with Crippen molar-refractivity contribution >= 4 is 17.5 Å². The van der Waals surface area contributed by atoms with Gasteiger partial charge >= 0.3 is 0 Å². The van der Waals surface area contributed by atoms with Crippen LogP contribution in [0.4, 0.5) is 0 Å². The summed E-state index contributed by atoms with van der Waals surface area (Å²) in [6.07, 6.45) is 3.10.